The Morgan fingerprint density at radius 2 is 1.89 bits per heavy atom. The second-order valence-electron chi connectivity index (χ2n) is 9.14. The first-order valence-electron chi connectivity index (χ1n) is 11.5. The fraction of sp³-hybridized carbons (Fsp3) is 0.179. The smallest absolute Gasteiger partial charge is 0.301 e. The first-order chi connectivity index (χ1) is 17.3. The fourth-order valence-corrected chi connectivity index (χ4v) is 6.08. The van der Waals surface area contributed by atoms with Crippen LogP contribution in [-0.2, 0) is 16.0 Å². The third-order valence-electron chi connectivity index (χ3n) is 6.55. The molecule has 6 rings (SSSR count). The maximum absolute atomic E-state index is 13.4. The van der Waals surface area contributed by atoms with E-state index in [0.717, 1.165) is 21.6 Å². The summed E-state index contributed by atoms with van der Waals surface area (Å²) < 4.78 is 6.58. The minimum atomic E-state index is -0.829. The van der Waals surface area contributed by atoms with Gasteiger partial charge >= 0.3 is 5.91 Å². The Balaban J connectivity index is 1.53. The van der Waals surface area contributed by atoms with Crippen LogP contribution in [0.3, 0.4) is 0 Å². The van der Waals surface area contributed by atoms with Gasteiger partial charge in [-0.15, -0.1) is 0 Å². The molecule has 0 unspecified atom stereocenters. The van der Waals surface area contributed by atoms with E-state index in [2.05, 4.69) is 4.98 Å². The molecule has 36 heavy (non-hydrogen) atoms. The maximum Gasteiger partial charge on any atom is 0.301 e. The normalized spacial score (nSPS) is 20.7. The molecule has 1 amide bonds. The molecule has 0 spiro atoms. The molecular weight excluding hydrogens is 496 g/mol. The zero-order valence-electron chi connectivity index (χ0n) is 19.5. The molecule has 2 atom stereocenters. The first-order valence-corrected chi connectivity index (χ1v) is 12.7. The van der Waals surface area contributed by atoms with Crippen molar-refractivity contribution in [2.24, 2.45) is 0 Å². The molecule has 1 saturated heterocycles. The number of amides is 1. The molecule has 1 fully saturated rings. The minimum Gasteiger partial charge on any atom is -0.507 e. The molecule has 4 aromatic rings. The van der Waals surface area contributed by atoms with E-state index in [4.69, 9.17) is 16.3 Å². The Hall–Kier alpha value is -3.68. The lowest BCUT2D eigenvalue weighted by atomic mass is 9.94. The van der Waals surface area contributed by atoms with Crippen molar-refractivity contribution in [2.75, 3.05) is 4.90 Å². The summed E-state index contributed by atoms with van der Waals surface area (Å²) in [7, 11) is 0. The number of rotatable bonds is 3. The molecule has 0 aliphatic carbocycles. The predicted molar refractivity (Wildman–Crippen MR) is 141 cm³/mol. The van der Waals surface area contributed by atoms with Crippen molar-refractivity contribution >= 4 is 55.7 Å². The second kappa shape index (κ2) is 8.47. The van der Waals surface area contributed by atoms with Gasteiger partial charge in [0.05, 0.1) is 21.8 Å². The number of benzene rings is 3. The molecule has 0 saturated carbocycles. The first kappa shape index (κ1) is 22.8. The van der Waals surface area contributed by atoms with E-state index in [9.17, 15) is 14.7 Å². The summed E-state index contributed by atoms with van der Waals surface area (Å²) in [6.07, 6.45) is 0.753. The minimum absolute atomic E-state index is 0.0352. The van der Waals surface area contributed by atoms with E-state index in [-0.39, 0.29) is 17.4 Å². The number of aromatic nitrogens is 1. The molecular formula is C28H21ClN2O4S. The molecule has 0 bridgehead atoms. The quantitative estimate of drug-likeness (QED) is 0.199. The van der Waals surface area contributed by atoms with Crippen LogP contribution >= 0.6 is 22.9 Å². The van der Waals surface area contributed by atoms with Crippen molar-refractivity contribution in [3.05, 3.63) is 93.5 Å². The number of anilines is 1. The number of hydrogen-bond donors (Lipinski definition) is 1. The number of aliphatic hydroxyl groups excluding tert-OH is 1. The van der Waals surface area contributed by atoms with Crippen molar-refractivity contribution in [3.8, 4) is 5.75 Å². The van der Waals surface area contributed by atoms with Crippen LogP contribution in [0.2, 0.25) is 5.02 Å². The van der Waals surface area contributed by atoms with Gasteiger partial charge in [0, 0.05) is 17.0 Å². The van der Waals surface area contributed by atoms with Gasteiger partial charge < -0.3 is 9.84 Å². The van der Waals surface area contributed by atoms with Gasteiger partial charge in [-0.1, -0.05) is 52.8 Å². The number of hydrogen-bond acceptors (Lipinski definition) is 6. The third kappa shape index (κ3) is 3.67. The van der Waals surface area contributed by atoms with E-state index >= 15 is 0 Å². The van der Waals surface area contributed by atoms with Crippen LogP contribution < -0.4 is 9.64 Å². The SMILES string of the molecule is Cc1ccc([C@H]2/C(=C(\O)c3ccc4c(c3)C[C@@H](C)O4)C(=O)C(=O)N2c2nc3ccc(Cl)cc3s2)cc1. The van der Waals surface area contributed by atoms with Crippen molar-refractivity contribution < 1.29 is 19.4 Å². The number of ether oxygens (including phenoxy) is 1. The third-order valence-corrected chi connectivity index (χ3v) is 7.80. The van der Waals surface area contributed by atoms with Gasteiger partial charge in [-0.25, -0.2) is 4.98 Å². The molecule has 8 heteroatoms. The second-order valence-corrected chi connectivity index (χ2v) is 10.6. The number of aryl methyl sites for hydroxylation is 1. The number of Topliss-reactive ketones (excluding diaryl/α,β-unsaturated/α-hetero) is 1. The van der Waals surface area contributed by atoms with E-state index in [1.807, 2.05) is 44.2 Å². The lowest BCUT2D eigenvalue weighted by Crippen LogP contribution is -2.29. The van der Waals surface area contributed by atoms with Crippen molar-refractivity contribution in [3.63, 3.8) is 0 Å². The van der Waals surface area contributed by atoms with Gasteiger partial charge in [0.2, 0.25) is 0 Å². The summed E-state index contributed by atoms with van der Waals surface area (Å²) in [4.78, 5) is 32.9. The van der Waals surface area contributed by atoms with Crippen LogP contribution in [0.25, 0.3) is 16.0 Å². The predicted octanol–water partition coefficient (Wildman–Crippen LogP) is 6.21. The van der Waals surface area contributed by atoms with E-state index in [1.165, 1.54) is 16.2 Å². The van der Waals surface area contributed by atoms with E-state index in [1.54, 1.807) is 30.3 Å². The highest BCUT2D eigenvalue weighted by Crippen LogP contribution is 2.45. The van der Waals surface area contributed by atoms with E-state index < -0.39 is 17.7 Å². The zero-order valence-corrected chi connectivity index (χ0v) is 21.1. The van der Waals surface area contributed by atoms with Crippen LogP contribution in [0, 0.1) is 6.92 Å². The summed E-state index contributed by atoms with van der Waals surface area (Å²) in [6, 6.07) is 17.4. The number of halogens is 1. The van der Waals surface area contributed by atoms with E-state index in [0.29, 0.717) is 33.2 Å². The Kier molecular flexibility index (Phi) is 5.35. The number of carbonyl (C=O) groups excluding carboxylic acids is 2. The van der Waals surface area contributed by atoms with Gasteiger partial charge in [0.1, 0.15) is 17.6 Å². The average molecular weight is 517 g/mol. The Morgan fingerprint density at radius 3 is 2.67 bits per heavy atom. The fourth-order valence-electron chi connectivity index (χ4n) is 4.81. The Labute approximate surface area is 216 Å². The average Bonchev–Trinajstić information content (AvgIpc) is 3.51. The number of nitrogens with zero attached hydrogens (tertiary/aromatic N) is 2. The van der Waals surface area contributed by atoms with Gasteiger partial charge in [0.15, 0.2) is 5.13 Å². The number of fused-ring (bicyclic) bond motifs is 2. The van der Waals surface area contributed by atoms with Crippen LogP contribution in [0.1, 0.15) is 35.2 Å². The number of thiazole rings is 1. The molecule has 3 aromatic carbocycles. The van der Waals surface area contributed by atoms with Gasteiger partial charge in [-0.05, 0) is 61.4 Å². The molecule has 1 N–H and O–H groups in total. The monoisotopic (exact) mass is 516 g/mol. The van der Waals surface area contributed by atoms with Crippen molar-refractivity contribution in [1.29, 1.82) is 0 Å². The number of ketones is 1. The highest BCUT2D eigenvalue weighted by atomic mass is 35.5. The highest BCUT2D eigenvalue weighted by Gasteiger charge is 2.48. The zero-order chi connectivity index (χ0) is 25.1. The Bertz CT molecular complexity index is 1590. The van der Waals surface area contributed by atoms with Crippen LogP contribution in [-0.4, -0.2) is 27.9 Å². The molecule has 6 nitrogen and oxygen atoms in total. The maximum atomic E-state index is 13.4. The Morgan fingerprint density at radius 1 is 1.11 bits per heavy atom. The number of aliphatic hydroxyl groups is 1. The summed E-state index contributed by atoms with van der Waals surface area (Å²) in [6.45, 7) is 3.94. The standard InChI is InChI=1S/C28H21ClN2O4S/c1-14-3-5-16(6-4-14)24-23(25(32)17-7-10-21-18(12-17)11-15(2)35-21)26(33)27(34)31(24)28-30-20-9-8-19(29)13-22(20)36-28/h3-10,12-13,15,24,32H,11H2,1-2H3/b25-23+/t15-,24+/m1/s1. The summed E-state index contributed by atoms with van der Waals surface area (Å²) in [5.74, 6) is -0.929. The van der Waals surface area contributed by atoms with Crippen molar-refractivity contribution in [2.45, 2.75) is 32.4 Å². The molecule has 0 radical (unpaired) electrons. The van der Waals surface area contributed by atoms with Crippen LogP contribution in [0.4, 0.5) is 5.13 Å². The van der Waals surface area contributed by atoms with Crippen LogP contribution in [0.5, 0.6) is 5.75 Å². The van der Waals surface area contributed by atoms with Crippen molar-refractivity contribution in [1.82, 2.24) is 4.98 Å². The summed E-state index contributed by atoms with van der Waals surface area (Å²) in [5.41, 5.74) is 3.88. The molecule has 1 aromatic heterocycles. The van der Waals surface area contributed by atoms with Gasteiger partial charge in [-0.3, -0.25) is 14.5 Å². The van der Waals surface area contributed by atoms with Gasteiger partial charge in [-0.2, -0.15) is 0 Å². The lowest BCUT2D eigenvalue weighted by Gasteiger charge is -2.23. The van der Waals surface area contributed by atoms with Gasteiger partial charge in [0.25, 0.3) is 5.78 Å². The molecule has 2 aliphatic heterocycles. The summed E-state index contributed by atoms with van der Waals surface area (Å²) in [5, 5.41) is 12.4. The molecule has 2 aliphatic rings. The summed E-state index contributed by atoms with van der Waals surface area (Å²) >= 11 is 7.43. The van der Waals surface area contributed by atoms with Crippen LogP contribution in [0.15, 0.2) is 66.2 Å². The topological polar surface area (TPSA) is 79.7 Å². The molecule has 180 valence electrons. The molecule has 3 heterocycles. The lowest BCUT2D eigenvalue weighted by molar-refractivity contribution is -0.132. The highest BCUT2D eigenvalue weighted by molar-refractivity contribution is 7.22. The largest absolute Gasteiger partial charge is 0.507 e. The number of carbonyl (C=O) groups is 2.